The van der Waals surface area contributed by atoms with Crippen molar-refractivity contribution < 1.29 is 9.59 Å². The van der Waals surface area contributed by atoms with Crippen molar-refractivity contribution in [2.45, 2.75) is 6.42 Å². The van der Waals surface area contributed by atoms with Gasteiger partial charge < -0.3 is 0 Å². The van der Waals surface area contributed by atoms with Gasteiger partial charge >= 0.3 is 6.03 Å². The topological polar surface area (TPSA) is 75.2 Å². The first-order valence-electron chi connectivity index (χ1n) is 5.66. The first kappa shape index (κ1) is 12.0. The van der Waals surface area contributed by atoms with E-state index in [1.54, 1.807) is 12.4 Å². The molecule has 2 heterocycles. The summed E-state index contributed by atoms with van der Waals surface area (Å²) in [5, 5.41) is 11.7. The number of carbonyl (C=O) groups is 2. The van der Waals surface area contributed by atoms with Gasteiger partial charge in [-0.2, -0.15) is 10.2 Å². The predicted molar refractivity (Wildman–Crippen MR) is 72.7 cm³/mol. The van der Waals surface area contributed by atoms with Gasteiger partial charge in [0.05, 0.1) is 18.1 Å². The first-order chi connectivity index (χ1) is 9.15. The Bertz CT molecular complexity index is 688. The van der Waals surface area contributed by atoms with Crippen LogP contribution < -0.4 is 10.2 Å². The summed E-state index contributed by atoms with van der Waals surface area (Å²) in [6.45, 7) is 0.360. The van der Waals surface area contributed by atoms with Crippen LogP contribution in [0.15, 0.2) is 29.0 Å². The molecule has 1 fully saturated rings. The van der Waals surface area contributed by atoms with Crippen molar-refractivity contribution in [3.8, 4) is 0 Å². The second-order valence-electron chi connectivity index (χ2n) is 4.17. The fourth-order valence-electron chi connectivity index (χ4n) is 2.08. The van der Waals surface area contributed by atoms with Gasteiger partial charge in [0.15, 0.2) is 0 Å². The van der Waals surface area contributed by atoms with Crippen LogP contribution in [0, 0.1) is 0 Å². The highest BCUT2D eigenvalue weighted by molar-refractivity contribution is 9.10. The van der Waals surface area contributed by atoms with Crippen LogP contribution in [0.1, 0.15) is 6.42 Å². The molecule has 1 N–H and O–H groups in total. The fraction of sp³-hybridized carbons (Fsp3) is 0.167. The van der Waals surface area contributed by atoms with Crippen LogP contribution in [0.4, 0.5) is 10.5 Å². The number of hydrogen-bond donors (Lipinski definition) is 1. The number of fused-ring (bicyclic) bond motifs is 1. The van der Waals surface area contributed by atoms with E-state index in [1.807, 2.05) is 12.1 Å². The smallest absolute Gasteiger partial charge is 0.293 e. The normalized spacial score (nSPS) is 15.7. The van der Waals surface area contributed by atoms with Gasteiger partial charge in [-0.25, -0.2) is 4.79 Å². The van der Waals surface area contributed by atoms with E-state index >= 15 is 0 Å². The minimum absolute atomic E-state index is 0.250. The maximum Gasteiger partial charge on any atom is 0.328 e. The Morgan fingerprint density at radius 3 is 2.79 bits per heavy atom. The van der Waals surface area contributed by atoms with Gasteiger partial charge in [0, 0.05) is 28.2 Å². The van der Waals surface area contributed by atoms with E-state index < -0.39 is 6.03 Å². The molecule has 19 heavy (non-hydrogen) atoms. The van der Waals surface area contributed by atoms with Gasteiger partial charge in [0.1, 0.15) is 0 Å². The lowest BCUT2D eigenvalue weighted by Crippen LogP contribution is -2.49. The first-order valence-corrected chi connectivity index (χ1v) is 6.46. The summed E-state index contributed by atoms with van der Waals surface area (Å²) in [5.41, 5.74) is 0.712. The Labute approximate surface area is 116 Å². The zero-order valence-electron chi connectivity index (χ0n) is 9.76. The standard InChI is InChI=1S/C12H9BrN4O2/c13-8-3-7-5-14-15-6-9(7)10(4-8)17-2-1-11(18)16-12(17)19/h3-6H,1-2H2,(H,16,18,19). The quantitative estimate of drug-likeness (QED) is 0.870. The van der Waals surface area contributed by atoms with Crippen molar-refractivity contribution in [1.82, 2.24) is 15.5 Å². The molecule has 0 spiro atoms. The SMILES string of the molecule is O=C1CCN(c2cc(Br)cc3cnncc23)C(=O)N1. The molecule has 1 aliphatic rings. The molecule has 0 unspecified atom stereocenters. The molecule has 3 rings (SSSR count). The third-order valence-electron chi connectivity index (χ3n) is 2.95. The molecule has 7 heteroatoms. The summed E-state index contributed by atoms with van der Waals surface area (Å²) in [6, 6.07) is 3.33. The molecule has 1 aromatic carbocycles. The molecule has 0 atom stereocenters. The molecular weight excluding hydrogens is 312 g/mol. The van der Waals surface area contributed by atoms with Crippen molar-refractivity contribution in [1.29, 1.82) is 0 Å². The molecular formula is C12H9BrN4O2. The molecule has 0 bridgehead atoms. The van der Waals surface area contributed by atoms with Crippen molar-refractivity contribution in [2.75, 3.05) is 11.4 Å². The number of nitrogens with one attached hydrogen (secondary N) is 1. The maximum absolute atomic E-state index is 11.9. The number of aromatic nitrogens is 2. The number of benzene rings is 1. The Hall–Kier alpha value is -2.02. The molecule has 96 valence electrons. The molecule has 0 saturated carbocycles. The monoisotopic (exact) mass is 320 g/mol. The fourth-order valence-corrected chi connectivity index (χ4v) is 2.54. The molecule has 0 radical (unpaired) electrons. The van der Waals surface area contributed by atoms with Crippen LogP contribution in [0.5, 0.6) is 0 Å². The Balaban J connectivity index is 2.14. The number of carbonyl (C=O) groups excluding carboxylic acids is 2. The summed E-state index contributed by atoms with van der Waals surface area (Å²) >= 11 is 3.41. The zero-order chi connectivity index (χ0) is 13.4. The molecule has 6 nitrogen and oxygen atoms in total. The number of hydrogen-bond acceptors (Lipinski definition) is 4. The number of urea groups is 1. The predicted octanol–water partition coefficient (Wildman–Crippen LogP) is 1.84. The number of nitrogens with zero attached hydrogens (tertiary/aromatic N) is 3. The minimum atomic E-state index is -0.410. The van der Waals surface area contributed by atoms with Crippen molar-refractivity contribution in [2.24, 2.45) is 0 Å². The number of rotatable bonds is 1. The second-order valence-corrected chi connectivity index (χ2v) is 5.09. The lowest BCUT2D eigenvalue weighted by Gasteiger charge is -2.27. The number of anilines is 1. The van der Waals surface area contributed by atoms with Crippen LogP contribution in [0.3, 0.4) is 0 Å². The van der Waals surface area contributed by atoms with E-state index in [2.05, 4.69) is 31.4 Å². The summed E-state index contributed by atoms with van der Waals surface area (Å²) in [7, 11) is 0. The molecule has 1 aliphatic heterocycles. The largest absolute Gasteiger partial charge is 0.328 e. The number of amides is 3. The molecule has 1 aromatic heterocycles. The molecule has 2 aromatic rings. The van der Waals surface area contributed by atoms with Crippen molar-refractivity contribution >= 4 is 44.3 Å². The van der Waals surface area contributed by atoms with Gasteiger partial charge in [-0.05, 0) is 12.1 Å². The van der Waals surface area contributed by atoms with Crippen LogP contribution >= 0.6 is 15.9 Å². The Kier molecular flexibility index (Phi) is 2.90. The highest BCUT2D eigenvalue weighted by atomic mass is 79.9. The average Bonchev–Trinajstić information content (AvgIpc) is 2.38. The Morgan fingerprint density at radius 1 is 1.21 bits per heavy atom. The van der Waals surface area contributed by atoms with Crippen molar-refractivity contribution in [3.63, 3.8) is 0 Å². The molecule has 1 saturated heterocycles. The van der Waals surface area contributed by atoms with Gasteiger partial charge in [0.25, 0.3) is 0 Å². The summed E-state index contributed by atoms with van der Waals surface area (Å²) < 4.78 is 0.840. The van der Waals surface area contributed by atoms with Crippen LogP contribution in [-0.4, -0.2) is 28.7 Å². The van der Waals surface area contributed by atoms with Gasteiger partial charge in [0.2, 0.25) is 5.91 Å². The van der Waals surface area contributed by atoms with E-state index in [-0.39, 0.29) is 12.3 Å². The lowest BCUT2D eigenvalue weighted by atomic mass is 10.1. The third kappa shape index (κ3) is 2.17. The Morgan fingerprint density at radius 2 is 2.00 bits per heavy atom. The van der Waals surface area contributed by atoms with Gasteiger partial charge in [-0.15, -0.1) is 0 Å². The number of imide groups is 1. The summed E-state index contributed by atoms with van der Waals surface area (Å²) in [5.74, 6) is -0.250. The van der Waals surface area contributed by atoms with Crippen LogP contribution in [-0.2, 0) is 4.79 Å². The second kappa shape index (κ2) is 4.58. The average molecular weight is 321 g/mol. The van der Waals surface area contributed by atoms with E-state index in [4.69, 9.17) is 0 Å². The molecule has 3 amide bonds. The van der Waals surface area contributed by atoms with Gasteiger partial charge in [-0.3, -0.25) is 15.0 Å². The zero-order valence-corrected chi connectivity index (χ0v) is 11.3. The van der Waals surface area contributed by atoms with E-state index in [1.165, 1.54) is 4.90 Å². The van der Waals surface area contributed by atoms with E-state index in [0.29, 0.717) is 12.2 Å². The minimum Gasteiger partial charge on any atom is -0.293 e. The van der Waals surface area contributed by atoms with E-state index in [9.17, 15) is 9.59 Å². The van der Waals surface area contributed by atoms with Crippen LogP contribution in [0.2, 0.25) is 0 Å². The molecule has 0 aliphatic carbocycles. The summed E-state index contributed by atoms with van der Waals surface area (Å²) in [4.78, 5) is 24.6. The highest BCUT2D eigenvalue weighted by Crippen LogP contribution is 2.30. The number of halogens is 1. The van der Waals surface area contributed by atoms with Crippen molar-refractivity contribution in [3.05, 3.63) is 29.0 Å². The van der Waals surface area contributed by atoms with E-state index in [0.717, 1.165) is 15.2 Å². The van der Waals surface area contributed by atoms with Crippen LogP contribution in [0.25, 0.3) is 10.8 Å². The van der Waals surface area contributed by atoms with Gasteiger partial charge in [-0.1, -0.05) is 15.9 Å². The lowest BCUT2D eigenvalue weighted by molar-refractivity contribution is -0.120. The third-order valence-corrected chi connectivity index (χ3v) is 3.41. The summed E-state index contributed by atoms with van der Waals surface area (Å²) in [6.07, 6.45) is 3.54. The maximum atomic E-state index is 11.9. The highest BCUT2D eigenvalue weighted by Gasteiger charge is 2.25.